The lowest BCUT2D eigenvalue weighted by molar-refractivity contribution is -0.213. The van der Waals surface area contributed by atoms with Crippen LogP contribution in [0.25, 0.3) is 11.6 Å². The molecule has 5 aliphatic carbocycles. The highest BCUT2D eigenvalue weighted by molar-refractivity contribution is 6.00. The summed E-state index contributed by atoms with van der Waals surface area (Å²) in [7, 11) is 0. The first kappa shape index (κ1) is 36.1. The maximum Gasteiger partial charge on any atom is 0.307 e. The van der Waals surface area contributed by atoms with E-state index in [1.807, 2.05) is 0 Å². The second kappa shape index (κ2) is 12.4. The van der Waals surface area contributed by atoms with Crippen molar-refractivity contribution in [3.8, 4) is 11.6 Å². The number of pyridine rings is 1. The number of hydrogen-bond acceptors (Lipinski definition) is 8. The number of halogens is 1. The topological polar surface area (TPSA) is 112 Å². The van der Waals surface area contributed by atoms with E-state index in [1.54, 1.807) is 19.9 Å². The summed E-state index contributed by atoms with van der Waals surface area (Å²) in [6.07, 6.45) is 11.2. The molecule has 51 heavy (non-hydrogen) atoms. The van der Waals surface area contributed by atoms with E-state index in [0.717, 1.165) is 69.4 Å². The Labute approximate surface area is 302 Å². The third-order valence-corrected chi connectivity index (χ3v) is 14.8. The van der Waals surface area contributed by atoms with Gasteiger partial charge in [-0.2, -0.15) is 0 Å². The molecule has 9 heteroatoms. The Morgan fingerprint density at radius 3 is 2.45 bits per heavy atom. The molecule has 0 aromatic carbocycles. The molecule has 276 valence electrons. The first-order valence-corrected chi connectivity index (χ1v) is 19.3. The first-order chi connectivity index (χ1) is 23.9. The first-order valence-electron chi connectivity index (χ1n) is 19.3. The molecule has 0 amide bonds. The van der Waals surface area contributed by atoms with Crippen molar-refractivity contribution in [2.45, 2.75) is 132 Å². The lowest BCUT2D eigenvalue weighted by Crippen LogP contribution is -2.63. The summed E-state index contributed by atoms with van der Waals surface area (Å²) >= 11 is 0. The van der Waals surface area contributed by atoms with Crippen molar-refractivity contribution >= 4 is 18.0 Å². The average molecular weight is 702 g/mol. The van der Waals surface area contributed by atoms with Crippen LogP contribution in [0.5, 0.6) is 0 Å². The van der Waals surface area contributed by atoms with E-state index in [1.165, 1.54) is 11.6 Å². The number of ketones is 1. The van der Waals surface area contributed by atoms with E-state index in [0.29, 0.717) is 48.1 Å². The van der Waals surface area contributed by atoms with E-state index in [-0.39, 0.29) is 57.7 Å². The van der Waals surface area contributed by atoms with Crippen LogP contribution in [0, 0.1) is 62.5 Å². The van der Waals surface area contributed by atoms with E-state index >= 15 is 0 Å². The largest absolute Gasteiger partial charge is 0.462 e. The summed E-state index contributed by atoms with van der Waals surface area (Å²) in [4.78, 5) is 42.6. The van der Waals surface area contributed by atoms with Gasteiger partial charge in [0, 0.05) is 29.1 Å². The van der Waals surface area contributed by atoms with Crippen LogP contribution in [-0.4, -0.2) is 39.3 Å². The van der Waals surface area contributed by atoms with Gasteiger partial charge in [-0.25, -0.2) is 9.37 Å². The van der Waals surface area contributed by atoms with Crippen molar-refractivity contribution in [3.05, 3.63) is 41.2 Å². The standard InChI is InChI=1S/C42H56FN3O5/c1-24(2)35-29(48)19-42(20-33-45-46-37(51-33)28-11-9-25(43)22-44-28)18-13-27-26(36(35)42)10-12-31-40(27,7)16-14-30-39(5,6)32(15-17-41(30,31)8)50-34(49)21-38(3,4)23-47/h9,11,22-24,26-27,30-32H,10,12-21H2,1-8H3. The van der Waals surface area contributed by atoms with Gasteiger partial charge in [-0.3, -0.25) is 9.59 Å². The Kier molecular flexibility index (Phi) is 8.81. The zero-order chi connectivity index (χ0) is 36.7. The summed E-state index contributed by atoms with van der Waals surface area (Å²) in [6, 6.07) is 2.88. The molecule has 8 unspecified atom stereocenters. The molecule has 8 nitrogen and oxygen atoms in total. The zero-order valence-electron chi connectivity index (χ0n) is 31.8. The van der Waals surface area contributed by atoms with Gasteiger partial charge in [0.25, 0.3) is 5.89 Å². The number of fused-ring (bicyclic) bond motifs is 7. The monoisotopic (exact) mass is 701 g/mol. The Morgan fingerprint density at radius 2 is 1.76 bits per heavy atom. The normalized spacial score (nSPS) is 35.9. The summed E-state index contributed by atoms with van der Waals surface area (Å²) in [5, 5.41) is 8.69. The Morgan fingerprint density at radius 1 is 1.02 bits per heavy atom. The Hall–Kier alpha value is -3.23. The van der Waals surface area contributed by atoms with Gasteiger partial charge in [-0.1, -0.05) is 61.0 Å². The third-order valence-electron chi connectivity index (χ3n) is 14.8. The number of aromatic nitrogens is 3. The average Bonchev–Trinajstić information content (AvgIpc) is 3.63. The molecule has 7 rings (SSSR count). The molecule has 8 atom stereocenters. The van der Waals surface area contributed by atoms with Gasteiger partial charge in [0.15, 0.2) is 5.78 Å². The number of aldehydes is 1. The highest BCUT2D eigenvalue weighted by Gasteiger charge is 2.66. The maximum atomic E-state index is 14.0. The lowest BCUT2D eigenvalue weighted by atomic mass is 9.36. The van der Waals surface area contributed by atoms with Gasteiger partial charge in [-0.05, 0) is 109 Å². The third kappa shape index (κ3) is 5.83. The fourth-order valence-corrected chi connectivity index (χ4v) is 12.7. The van der Waals surface area contributed by atoms with Gasteiger partial charge < -0.3 is 13.9 Å². The highest BCUT2D eigenvalue weighted by Crippen LogP contribution is 2.73. The smallest absolute Gasteiger partial charge is 0.307 e. The predicted octanol–water partition coefficient (Wildman–Crippen LogP) is 8.93. The second-order valence-corrected chi connectivity index (χ2v) is 19.0. The zero-order valence-corrected chi connectivity index (χ0v) is 31.8. The molecule has 0 radical (unpaired) electrons. The van der Waals surface area contributed by atoms with Crippen LogP contribution in [0.3, 0.4) is 0 Å². The van der Waals surface area contributed by atoms with Crippen molar-refractivity contribution in [1.29, 1.82) is 0 Å². The Balaban J connectivity index is 1.15. The van der Waals surface area contributed by atoms with E-state index in [9.17, 15) is 18.8 Å². The van der Waals surface area contributed by atoms with Gasteiger partial charge in [-0.15, -0.1) is 10.2 Å². The minimum absolute atomic E-state index is 0.103. The number of allylic oxidation sites excluding steroid dienone is 2. The van der Waals surface area contributed by atoms with Crippen molar-refractivity contribution < 1.29 is 27.9 Å². The van der Waals surface area contributed by atoms with Gasteiger partial charge in [0.1, 0.15) is 23.9 Å². The molecule has 2 aromatic heterocycles. The quantitative estimate of drug-likeness (QED) is 0.198. The fraction of sp³-hybridized carbons (Fsp3) is 0.714. The molecule has 0 aliphatic heterocycles. The number of carbonyl (C=O) groups excluding carboxylic acids is 3. The maximum absolute atomic E-state index is 14.0. The van der Waals surface area contributed by atoms with Crippen LogP contribution >= 0.6 is 0 Å². The van der Waals surface area contributed by atoms with Crippen LogP contribution in [0.15, 0.2) is 33.9 Å². The number of hydrogen-bond donors (Lipinski definition) is 0. The van der Waals surface area contributed by atoms with E-state index < -0.39 is 11.2 Å². The lowest BCUT2D eigenvalue weighted by Gasteiger charge is -2.68. The van der Waals surface area contributed by atoms with Crippen LogP contribution in [0.1, 0.15) is 125 Å². The number of Topliss-reactive ketones (excluding diaryl/α,β-unsaturated/α-hetero) is 1. The van der Waals surface area contributed by atoms with Crippen molar-refractivity contribution in [2.24, 2.45) is 56.7 Å². The van der Waals surface area contributed by atoms with Crippen molar-refractivity contribution in [1.82, 2.24) is 15.2 Å². The molecule has 4 saturated carbocycles. The summed E-state index contributed by atoms with van der Waals surface area (Å²) < 4.78 is 25.9. The minimum atomic E-state index is -0.724. The van der Waals surface area contributed by atoms with Crippen LogP contribution in [0.4, 0.5) is 4.39 Å². The van der Waals surface area contributed by atoms with Gasteiger partial charge in [0.2, 0.25) is 5.89 Å². The fourth-order valence-electron chi connectivity index (χ4n) is 12.7. The molecule has 5 aliphatic rings. The predicted molar refractivity (Wildman–Crippen MR) is 190 cm³/mol. The van der Waals surface area contributed by atoms with Crippen molar-refractivity contribution in [3.63, 3.8) is 0 Å². The van der Waals surface area contributed by atoms with E-state index in [2.05, 4.69) is 56.7 Å². The number of rotatable bonds is 8. The molecule has 0 N–H and O–H groups in total. The molecule has 2 aromatic rings. The molecular weight excluding hydrogens is 645 g/mol. The summed E-state index contributed by atoms with van der Waals surface area (Å²) in [5.74, 6) is 2.30. The number of ether oxygens (including phenoxy) is 1. The van der Waals surface area contributed by atoms with Gasteiger partial charge in [0.05, 0.1) is 12.6 Å². The Bertz CT molecular complexity index is 1740. The molecule has 0 spiro atoms. The summed E-state index contributed by atoms with van der Waals surface area (Å²) in [5.41, 5.74) is 1.88. The number of esters is 1. The van der Waals surface area contributed by atoms with Crippen LogP contribution in [0.2, 0.25) is 0 Å². The molecule has 2 heterocycles. The minimum Gasteiger partial charge on any atom is -0.462 e. The highest BCUT2D eigenvalue weighted by atomic mass is 19.1. The summed E-state index contributed by atoms with van der Waals surface area (Å²) in [6.45, 7) is 17.6. The van der Waals surface area contributed by atoms with E-state index in [4.69, 9.17) is 9.15 Å². The number of nitrogens with zero attached hydrogens (tertiary/aromatic N) is 3. The van der Waals surface area contributed by atoms with Gasteiger partial charge >= 0.3 is 5.97 Å². The molecule has 0 saturated heterocycles. The second-order valence-electron chi connectivity index (χ2n) is 19.0. The molecule has 0 bridgehead atoms. The van der Waals surface area contributed by atoms with Crippen LogP contribution in [-0.2, 0) is 25.5 Å². The SMILES string of the molecule is CC(C)C1=C2C3CCC4C(C)(CCC5C(C)(C)C(OC(=O)CC(C)(C)C=O)CCC54C)C3CCC2(Cc2nnc(-c3ccc(F)cn3)o2)CC1=O. The molecule has 4 fully saturated rings. The number of carbonyl (C=O) groups is 3. The van der Waals surface area contributed by atoms with Crippen LogP contribution < -0.4 is 0 Å². The van der Waals surface area contributed by atoms with Crippen molar-refractivity contribution in [2.75, 3.05) is 0 Å². The molecular formula is C42H56FN3O5.